The molecule has 0 aliphatic carbocycles. The van der Waals surface area contributed by atoms with Crippen LogP contribution in [0.3, 0.4) is 0 Å². The normalized spacial score (nSPS) is 29.8. The first-order valence-electron chi connectivity index (χ1n) is 13.9. The minimum absolute atomic E-state index is 0.191. The van der Waals surface area contributed by atoms with E-state index in [1.165, 1.54) is 4.90 Å². The number of fused-ring (bicyclic) bond motifs is 1. The molecule has 8 nitrogen and oxygen atoms in total. The average Bonchev–Trinajstić information content (AvgIpc) is 3.53. The summed E-state index contributed by atoms with van der Waals surface area (Å²) in [5.41, 5.74) is 1.45. The van der Waals surface area contributed by atoms with Crippen molar-refractivity contribution in [3.63, 3.8) is 0 Å². The first kappa shape index (κ1) is 27.3. The van der Waals surface area contributed by atoms with Crippen molar-refractivity contribution in [3.05, 3.63) is 65.2 Å². The van der Waals surface area contributed by atoms with Crippen LogP contribution in [-0.4, -0.2) is 64.3 Å². The number of aryl methyl sites for hydroxylation is 2. The number of carbonyl (C=O) groups is 3. The summed E-state index contributed by atoms with van der Waals surface area (Å²) in [6.07, 6.45) is 1.92. The molecule has 2 unspecified atom stereocenters. The Morgan fingerprint density at radius 3 is 2.56 bits per heavy atom. The van der Waals surface area contributed by atoms with Crippen LogP contribution in [0.4, 0.5) is 5.69 Å². The van der Waals surface area contributed by atoms with E-state index in [1.807, 2.05) is 69.3 Å². The number of hydrogen-bond acceptors (Lipinski definition) is 6. The molecule has 8 heteroatoms. The van der Waals surface area contributed by atoms with Crippen molar-refractivity contribution in [2.45, 2.75) is 76.7 Å². The van der Waals surface area contributed by atoms with Gasteiger partial charge in [0, 0.05) is 5.69 Å². The summed E-state index contributed by atoms with van der Waals surface area (Å²) < 4.78 is 12.2. The first-order chi connectivity index (χ1) is 18.7. The van der Waals surface area contributed by atoms with Crippen molar-refractivity contribution in [2.75, 3.05) is 18.5 Å². The van der Waals surface area contributed by atoms with Crippen molar-refractivity contribution in [1.82, 2.24) is 4.90 Å². The molecule has 3 heterocycles. The Bertz CT molecular complexity index is 1260. The Labute approximate surface area is 229 Å². The van der Waals surface area contributed by atoms with Crippen LogP contribution in [0.15, 0.2) is 48.5 Å². The van der Waals surface area contributed by atoms with E-state index in [1.54, 1.807) is 6.92 Å². The number of anilines is 1. The molecule has 3 fully saturated rings. The second kappa shape index (κ2) is 10.4. The van der Waals surface area contributed by atoms with Gasteiger partial charge in [-0.15, -0.1) is 0 Å². The van der Waals surface area contributed by atoms with Gasteiger partial charge in [0.1, 0.15) is 17.6 Å². The monoisotopic (exact) mass is 534 g/mol. The predicted octanol–water partition coefficient (Wildman–Crippen LogP) is 3.56. The fraction of sp³-hybridized carbons (Fsp3) is 0.516. The maximum atomic E-state index is 14.4. The molecule has 3 aliphatic rings. The predicted molar refractivity (Wildman–Crippen MR) is 146 cm³/mol. The highest BCUT2D eigenvalue weighted by Crippen LogP contribution is 2.64. The molecule has 6 atom stereocenters. The minimum Gasteiger partial charge on any atom is -0.466 e. The molecule has 2 N–H and O–H groups in total. The van der Waals surface area contributed by atoms with Gasteiger partial charge in [0.05, 0.1) is 30.8 Å². The molecule has 208 valence electrons. The summed E-state index contributed by atoms with van der Waals surface area (Å²) in [5.74, 6) is -2.83. The Balaban J connectivity index is 1.60. The van der Waals surface area contributed by atoms with Gasteiger partial charge in [-0.1, -0.05) is 49.4 Å². The van der Waals surface area contributed by atoms with E-state index in [4.69, 9.17) is 9.47 Å². The molecule has 0 saturated carbocycles. The number of aliphatic hydroxyl groups is 1. The van der Waals surface area contributed by atoms with Gasteiger partial charge in [0.2, 0.25) is 11.8 Å². The zero-order valence-corrected chi connectivity index (χ0v) is 23.1. The van der Waals surface area contributed by atoms with E-state index in [-0.39, 0.29) is 25.0 Å². The summed E-state index contributed by atoms with van der Waals surface area (Å²) in [5, 5.41) is 13.6. The van der Waals surface area contributed by atoms with Gasteiger partial charge in [0.15, 0.2) is 0 Å². The van der Waals surface area contributed by atoms with E-state index in [2.05, 4.69) is 5.32 Å². The maximum Gasteiger partial charge on any atom is 0.312 e. The number of aliphatic hydroxyl groups excluding tert-OH is 1. The van der Waals surface area contributed by atoms with Gasteiger partial charge in [-0.2, -0.15) is 0 Å². The van der Waals surface area contributed by atoms with Crippen LogP contribution in [0.5, 0.6) is 0 Å². The van der Waals surface area contributed by atoms with Gasteiger partial charge >= 0.3 is 5.97 Å². The summed E-state index contributed by atoms with van der Waals surface area (Å²) in [7, 11) is 0. The van der Waals surface area contributed by atoms with E-state index >= 15 is 0 Å². The highest BCUT2D eigenvalue weighted by Gasteiger charge is 2.79. The number of carbonyl (C=O) groups excluding carboxylic acids is 3. The topological polar surface area (TPSA) is 105 Å². The number of esters is 1. The van der Waals surface area contributed by atoms with Gasteiger partial charge in [-0.25, -0.2) is 0 Å². The van der Waals surface area contributed by atoms with Crippen molar-refractivity contribution >= 4 is 23.5 Å². The van der Waals surface area contributed by atoms with Gasteiger partial charge in [-0.05, 0) is 69.2 Å². The SMILES string of the molecule is CCOC(=O)[C@@H]1[C@H]2C(=O)N([C@@H](CO)Cc3ccccc3)C(C(=O)Nc3cc(C)ccc3C)C23CC[C@@]1(CC)O3. The summed E-state index contributed by atoms with van der Waals surface area (Å²) in [6.45, 7) is 7.42. The molecule has 0 aromatic heterocycles. The second-order valence-electron chi connectivity index (χ2n) is 11.2. The lowest BCUT2D eigenvalue weighted by Gasteiger charge is -2.37. The third-order valence-electron chi connectivity index (χ3n) is 8.98. The lowest BCUT2D eigenvalue weighted by Crippen LogP contribution is -2.57. The minimum atomic E-state index is -1.18. The lowest BCUT2D eigenvalue weighted by atomic mass is 9.65. The molecule has 3 saturated heterocycles. The molecule has 39 heavy (non-hydrogen) atoms. The van der Waals surface area contributed by atoms with Gasteiger partial charge in [-0.3, -0.25) is 14.4 Å². The number of nitrogens with one attached hydrogen (secondary N) is 1. The number of ether oxygens (including phenoxy) is 2. The zero-order chi connectivity index (χ0) is 27.9. The number of benzene rings is 2. The molecular formula is C31H38N2O6. The quantitative estimate of drug-likeness (QED) is 0.477. The molecule has 2 bridgehead atoms. The first-order valence-corrected chi connectivity index (χ1v) is 13.9. The standard InChI is InChI=1S/C31H38N2O6/c1-5-30-14-15-31(39-30)24(25(30)29(37)38-6-2)28(36)33(22(18-34)17-21-10-8-7-9-11-21)26(31)27(35)32-23-16-19(3)12-13-20(23)4/h7-13,16,22,24-26,34H,5-6,14-15,17-18H2,1-4H3,(H,32,35)/t22-,24+,25+,26?,30-,31?/m1/s1. The van der Waals surface area contributed by atoms with Crippen LogP contribution in [0.1, 0.15) is 49.8 Å². The smallest absolute Gasteiger partial charge is 0.312 e. The van der Waals surface area contributed by atoms with Crippen molar-refractivity contribution < 1.29 is 29.0 Å². The average molecular weight is 535 g/mol. The Hall–Kier alpha value is -3.23. The fourth-order valence-electron chi connectivity index (χ4n) is 7.15. The molecule has 3 aliphatic heterocycles. The van der Waals surface area contributed by atoms with Crippen molar-refractivity contribution in [1.29, 1.82) is 0 Å². The van der Waals surface area contributed by atoms with E-state index in [9.17, 15) is 19.5 Å². The molecular weight excluding hydrogens is 496 g/mol. The van der Waals surface area contributed by atoms with Crippen LogP contribution in [-0.2, 0) is 30.3 Å². The Kier molecular flexibility index (Phi) is 7.29. The maximum absolute atomic E-state index is 14.4. The molecule has 0 radical (unpaired) electrons. The number of nitrogens with zero attached hydrogens (tertiary/aromatic N) is 1. The molecule has 2 amide bonds. The van der Waals surface area contributed by atoms with E-state index < -0.39 is 41.1 Å². The van der Waals surface area contributed by atoms with Gasteiger partial charge < -0.3 is 24.8 Å². The number of hydrogen-bond donors (Lipinski definition) is 2. The number of likely N-dealkylation sites (tertiary alicyclic amines) is 1. The van der Waals surface area contributed by atoms with Crippen LogP contribution in [0.25, 0.3) is 0 Å². The summed E-state index contributed by atoms with van der Waals surface area (Å²) in [4.78, 5) is 43.5. The third kappa shape index (κ3) is 4.34. The van der Waals surface area contributed by atoms with Gasteiger partial charge in [0.25, 0.3) is 0 Å². The Morgan fingerprint density at radius 2 is 1.90 bits per heavy atom. The molecule has 2 aromatic rings. The largest absolute Gasteiger partial charge is 0.466 e. The van der Waals surface area contributed by atoms with Crippen LogP contribution in [0, 0.1) is 25.7 Å². The fourth-order valence-corrected chi connectivity index (χ4v) is 7.15. The molecule has 2 aromatic carbocycles. The van der Waals surface area contributed by atoms with Crippen molar-refractivity contribution in [2.24, 2.45) is 11.8 Å². The third-order valence-corrected chi connectivity index (χ3v) is 8.98. The second-order valence-corrected chi connectivity index (χ2v) is 11.2. The van der Waals surface area contributed by atoms with Crippen LogP contribution in [0.2, 0.25) is 0 Å². The number of amides is 2. The van der Waals surface area contributed by atoms with Crippen LogP contribution < -0.4 is 5.32 Å². The molecule has 5 rings (SSSR count). The van der Waals surface area contributed by atoms with Crippen LogP contribution >= 0.6 is 0 Å². The number of rotatable bonds is 9. The lowest BCUT2D eigenvalue weighted by molar-refractivity contribution is -0.161. The highest BCUT2D eigenvalue weighted by atomic mass is 16.6. The zero-order valence-electron chi connectivity index (χ0n) is 23.1. The van der Waals surface area contributed by atoms with E-state index in [0.717, 1.165) is 16.7 Å². The summed E-state index contributed by atoms with van der Waals surface area (Å²) in [6, 6.07) is 13.7. The highest BCUT2D eigenvalue weighted by molar-refractivity contribution is 6.04. The van der Waals surface area contributed by atoms with E-state index in [0.29, 0.717) is 31.4 Å². The van der Waals surface area contributed by atoms with Crippen molar-refractivity contribution in [3.8, 4) is 0 Å². The molecule has 1 spiro atoms. The Morgan fingerprint density at radius 1 is 1.15 bits per heavy atom. The summed E-state index contributed by atoms with van der Waals surface area (Å²) >= 11 is 0.